The summed E-state index contributed by atoms with van der Waals surface area (Å²) in [6, 6.07) is 17.6. The molecule has 8 nitrogen and oxygen atoms in total. The molecule has 2 aliphatic rings. The summed E-state index contributed by atoms with van der Waals surface area (Å²) >= 11 is 0. The van der Waals surface area contributed by atoms with E-state index in [2.05, 4.69) is 37.7 Å². The molecule has 2 aliphatic heterocycles. The number of ether oxygens (including phenoxy) is 2. The monoisotopic (exact) mass is 671 g/mol. The van der Waals surface area contributed by atoms with Gasteiger partial charge in [0.15, 0.2) is 0 Å². The molecule has 0 bridgehead atoms. The third-order valence-electron chi connectivity index (χ3n) is 8.80. The molecule has 2 fully saturated rings. The van der Waals surface area contributed by atoms with Crippen molar-refractivity contribution in [2.45, 2.75) is 80.1 Å². The van der Waals surface area contributed by atoms with Crippen molar-refractivity contribution in [3.63, 3.8) is 0 Å². The van der Waals surface area contributed by atoms with Crippen LogP contribution >= 0.6 is 0 Å². The third kappa shape index (κ3) is 15.0. The van der Waals surface area contributed by atoms with Crippen LogP contribution in [0.5, 0.6) is 11.5 Å². The van der Waals surface area contributed by atoms with Crippen molar-refractivity contribution in [3.8, 4) is 11.5 Å². The largest absolute Gasteiger partial charge is 0.457 e. The molecule has 0 radical (unpaired) electrons. The molecular weight excluding hydrogens is 610 g/mol. The summed E-state index contributed by atoms with van der Waals surface area (Å²) in [6.45, 7) is 16.8. The maximum Gasteiger partial charge on any atom is 0.246 e. The lowest BCUT2D eigenvalue weighted by molar-refractivity contribution is -0.128. The van der Waals surface area contributed by atoms with Crippen LogP contribution in [0.1, 0.15) is 85.6 Å². The molecule has 0 spiro atoms. The van der Waals surface area contributed by atoms with Crippen LogP contribution in [0.25, 0.3) is 0 Å². The van der Waals surface area contributed by atoms with Crippen LogP contribution < -0.4 is 16.2 Å². The number of benzene rings is 2. The fraction of sp³-hybridized carbons (Fsp3) is 0.488. The van der Waals surface area contributed by atoms with Crippen molar-refractivity contribution >= 4 is 17.3 Å². The molecule has 0 aliphatic carbocycles. The van der Waals surface area contributed by atoms with E-state index >= 15 is 0 Å². The Bertz CT molecular complexity index is 1390. The van der Waals surface area contributed by atoms with E-state index in [9.17, 15) is 4.79 Å². The van der Waals surface area contributed by atoms with Gasteiger partial charge in [0.05, 0.1) is 5.71 Å². The van der Waals surface area contributed by atoms with E-state index in [1.165, 1.54) is 31.3 Å². The van der Waals surface area contributed by atoms with Crippen molar-refractivity contribution in [2.75, 3.05) is 39.9 Å². The van der Waals surface area contributed by atoms with E-state index in [0.29, 0.717) is 24.1 Å². The molecule has 4 N–H and O–H groups in total. The van der Waals surface area contributed by atoms with Gasteiger partial charge in [-0.2, -0.15) is 0 Å². The highest BCUT2D eigenvalue weighted by atomic mass is 16.5. The number of allylic oxidation sites excluding steroid dienone is 3. The highest BCUT2D eigenvalue weighted by Gasteiger charge is 2.25. The van der Waals surface area contributed by atoms with Gasteiger partial charge in [0, 0.05) is 74.7 Å². The number of hydrogen-bond acceptors (Lipinski definition) is 7. The SMILES string of the molecule is C1CCOC1.CC/C(C)=C/N=C(C)/C(C(=NC)c1ccc(Oc2ccccc2)cc1)=C(\C)N.CCC(C)C1CCCN(C(=O)/C=C/CN)C1. The van der Waals surface area contributed by atoms with E-state index in [0.717, 1.165) is 73.2 Å². The number of rotatable bonds is 11. The van der Waals surface area contributed by atoms with E-state index in [4.69, 9.17) is 20.9 Å². The molecule has 2 saturated heterocycles. The molecule has 8 heteroatoms. The maximum absolute atomic E-state index is 11.8. The number of piperidine rings is 1. The normalized spacial score (nSPS) is 18.2. The van der Waals surface area contributed by atoms with Crippen molar-refractivity contribution in [2.24, 2.45) is 33.3 Å². The zero-order valence-corrected chi connectivity index (χ0v) is 31.1. The standard InChI is InChI=1S/C24H29N3O.C13H24N2O.C4H8O/c1-6-17(2)16-27-19(4)23(18(3)25)24(26-5)20-12-14-22(15-13-20)28-21-10-8-7-9-11-21;1-3-11(2)12-6-5-9-15(10-12)13(16)7-4-8-14;1-2-4-5-3-1/h7-16H,6,25H2,1-5H3;4,7,11-12H,3,5-6,8-10,14H2,1-2H3;1-4H2/b17-16+,23-18-,26-24?,27-19+;7-4+;. The molecule has 49 heavy (non-hydrogen) atoms. The summed E-state index contributed by atoms with van der Waals surface area (Å²) in [5.74, 6) is 3.09. The van der Waals surface area contributed by atoms with Crippen molar-refractivity contribution in [1.82, 2.24) is 4.90 Å². The number of aliphatic imine (C=N–C) groups is 2. The van der Waals surface area contributed by atoms with Crippen LogP contribution in [-0.2, 0) is 9.53 Å². The second-order valence-corrected chi connectivity index (χ2v) is 12.6. The van der Waals surface area contributed by atoms with Crippen LogP contribution in [0.15, 0.2) is 99.8 Å². The first kappa shape index (κ1) is 41.2. The van der Waals surface area contributed by atoms with Gasteiger partial charge in [-0.05, 0) is 101 Å². The molecular formula is C41H61N5O3. The second kappa shape index (κ2) is 23.4. The molecule has 2 heterocycles. The predicted molar refractivity (Wildman–Crippen MR) is 206 cm³/mol. The number of amides is 1. The van der Waals surface area contributed by atoms with Crippen LogP contribution in [0.3, 0.4) is 0 Å². The Labute approximate surface area is 296 Å². The van der Waals surface area contributed by atoms with Gasteiger partial charge < -0.3 is 25.8 Å². The molecule has 0 aromatic heterocycles. The Balaban J connectivity index is 0.000000330. The zero-order chi connectivity index (χ0) is 36.0. The van der Waals surface area contributed by atoms with Gasteiger partial charge in [-0.25, -0.2) is 0 Å². The van der Waals surface area contributed by atoms with Crippen molar-refractivity contribution in [3.05, 3.63) is 95.4 Å². The first-order valence-electron chi connectivity index (χ1n) is 17.8. The van der Waals surface area contributed by atoms with Gasteiger partial charge in [-0.15, -0.1) is 0 Å². The number of carbonyl (C=O) groups excluding carboxylic acids is 1. The minimum Gasteiger partial charge on any atom is -0.457 e. The number of carbonyl (C=O) groups is 1. The first-order chi connectivity index (χ1) is 23.6. The highest BCUT2D eigenvalue weighted by Crippen LogP contribution is 2.26. The summed E-state index contributed by atoms with van der Waals surface area (Å²) in [5.41, 5.74) is 16.9. The topological polar surface area (TPSA) is 116 Å². The molecule has 2 aromatic carbocycles. The Morgan fingerprint density at radius 3 is 2.20 bits per heavy atom. The van der Waals surface area contributed by atoms with Crippen LogP contribution in [-0.4, -0.2) is 62.1 Å². The summed E-state index contributed by atoms with van der Waals surface area (Å²) in [4.78, 5) is 22.9. The van der Waals surface area contributed by atoms with Gasteiger partial charge in [0.2, 0.25) is 5.91 Å². The quantitative estimate of drug-likeness (QED) is 0.184. The fourth-order valence-electron chi connectivity index (χ4n) is 5.49. The minimum atomic E-state index is 0.124. The highest BCUT2D eigenvalue weighted by molar-refractivity contribution is 6.30. The Hall–Kier alpha value is -4.01. The van der Waals surface area contributed by atoms with E-state index in [1.54, 1.807) is 19.2 Å². The molecule has 4 rings (SSSR count). The summed E-state index contributed by atoms with van der Waals surface area (Å²) < 4.78 is 10.8. The summed E-state index contributed by atoms with van der Waals surface area (Å²) in [5, 5.41) is 0. The van der Waals surface area contributed by atoms with Crippen molar-refractivity contribution in [1.29, 1.82) is 0 Å². The summed E-state index contributed by atoms with van der Waals surface area (Å²) in [6.07, 6.45) is 12.4. The van der Waals surface area contributed by atoms with Crippen molar-refractivity contribution < 1.29 is 14.3 Å². The van der Waals surface area contributed by atoms with Gasteiger partial charge >= 0.3 is 0 Å². The Morgan fingerprint density at radius 2 is 1.67 bits per heavy atom. The molecule has 2 atom stereocenters. The summed E-state index contributed by atoms with van der Waals surface area (Å²) in [7, 11) is 1.77. The average Bonchev–Trinajstić information content (AvgIpc) is 3.73. The number of para-hydroxylation sites is 1. The molecule has 1 amide bonds. The van der Waals surface area contributed by atoms with Gasteiger partial charge in [-0.3, -0.25) is 14.8 Å². The van der Waals surface area contributed by atoms with Crippen LogP contribution in [0.4, 0.5) is 0 Å². The molecule has 2 aromatic rings. The average molecular weight is 672 g/mol. The minimum absolute atomic E-state index is 0.124. The third-order valence-corrected chi connectivity index (χ3v) is 8.80. The zero-order valence-electron chi connectivity index (χ0n) is 31.1. The molecule has 2 unspecified atom stereocenters. The number of hydrogen-bond donors (Lipinski definition) is 2. The lowest BCUT2D eigenvalue weighted by atomic mass is 9.85. The smallest absolute Gasteiger partial charge is 0.246 e. The Kier molecular flexibility index (Phi) is 19.6. The van der Waals surface area contributed by atoms with Gasteiger partial charge in [0.1, 0.15) is 11.5 Å². The lowest BCUT2D eigenvalue weighted by Gasteiger charge is -2.35. The first-order valence-corrected chi connectivity index (χ1v) is 17.8. The number of nitrogens with zero attached hydrogens (tertiary/aromatic N) is 3. The fourth-order valence-corrected chi connectivity index (χ4v) is 5.49. The van der Waals surface area contributed by atoms with E-state index in [1.807, 2.05) is 79.5 Å². The molecule has 268 valence electrons. The van der Waals surface area contributed by atoms with Gasteiger partial charge in [0.25, 0.3) is 0 Å². The van der Waals surface area contributed by atoms with Crippen LogP contribution in [0, 0.1) is 11.8 Å². The lowest BCUT2D eigenvalue weighted by Crippen LogP contribution is -2.40. The number of nitrogens with two attached hydrogens (primary N) is 2. The number of likely N-dealkylation sites (tertiary alicyclic amines) is 1. The van der Waals surface area contributed by atoms with E-state index < -0.39 is 0 Å². The van der Waals surface area contributed by atoms with E-state index in [-0.39, 0.29) is 5.91 Å². The van der Waals surface area contributed by atoms with Gasteiger partial charge in [-0.1, -0.05) is 57.0 Å². The second-order valence-electron chi connectivity index (χ2n) is 12.6. The predicted octanol–water partition coefficient (Wildman–Crippen LogP) is 8.49. The maximum atomic E-state index is 11.8. The molecule has 0 saturated carbocycles. The van der Waals surface area contributed by atoms with Crippen LogP contribution in [0.2, 0.25) is 0 Å². The Morgan fingerprint density at radius 1 is 1.02 bits per heavy atom.